The summed E-state index contributed by atoms with van der Waals surface area (Å²) in [7, 11) is 0. The van der Waals surface area contributed by atoms with Crippen LogP contribution in [-0.2, 0) is 6.18 Å². The Bertz CT molecular complexity index is 418. The Morgan fingerprint density at radius 2 is 2.06 bits per heavy atom. The smallest absolute Gasteiger partial charge is 0.409 e. The Labute approximate surface area is 94.1 Å². The second kappa shape index (κ2) is 4.65. The van der Waals surface area contributed by atoms with Crippen molar-refractivity contribution < 1.29 is 18.4 Å². The van der Waals surface area contributed by atoms with Crippen LogP contribution >= 0.6 is 11.8 Å². The molecule has 0 spiro atoms. The van der Waals surface area contributed by atoms with E-state index in [4.69, 9.17) is 10.9 Å². The van der Waals surface area contributed by atoms with Crippen molar-refractivity contribution in [3.63, 3.8) is 0 Å². The van der Waals surface area contributed by atoms with E-state index in [1.165, 1.54) is 23.9 Å². The molecular formula is C9H9F3N2OS. The summed E-state index contributed by atoms with van der Waals surface area (Å²) in [5.41, 5.74) is 3.94. The number of nitrogens with zero attached hydrogens (tertiary/aromatic N) is 1. The van der Waals surface area contributed by atoms with Gasteiger partial charge in [0.15, 0.2) is 5.84 Å². The summed E-state index contributed by atoms with van der Waals surface area (Å²) < 4.78 is 38.0. The SMILES string of the molecule is CSc1ccc(/C(N)=N/O)c(C(F)(F)F)c1. The van der Waals surface area contributed by atoms with Crippen molar-refractivity contribution in [2.45, 2.75) is 11.1 Å². The fourth-order valence-corrected chi connectivity index (χ4v) is 1.60. The molecule has 1 aromatic rings. The summed E-state index contributed by atoms with van der Waals surface area (Å²) in [6.45, 7) is 0. The Hall–Kier alpha value is -1.37. The third-order valence-corrected chi connectivity index (χ3v) is 2.64. The quantitative estimate of drug-likeness (QED) is 0.279. The number of amidine groups is 1. The number of rotatable bonds is 2. The number of hydrogen-bond donors (Lipinski definition) is 2. The summed E-state index contributed by atoms with van der Waals surface area (Å²) >= 11 is 1.18. The summed E-state index contributed by atoms with van der Waals surface area (Å²) in [6, 6.07) is 3.63. The first kappa shape index (κ1) is 12.7. The molecule has 0 radical (unpaired) electrons. The van der Waals surface area contributed by atoms with Crippen LogP contribution in [0.3, 0.4) is 0 Å². The van der Waals surface area contributed by atoms with Gasteiger partial charge in [-0.1, -0.05) is 5.16 Å². The fraction of sp³-hybridized carbons (Fsp3) is 0.222. The molecule has 7 heteroatoms. The number of benzene rings is 1. The van der Waals surface area contributed by atoms with Crippen molar-refractivity contribution in [2.75, 3.05) is 6.26 Å². The van der Waals surface area contributed by atoms with Crippen molar-refractivity contribution in [1.29, 1.82) is 0 Å². The van der Waals surface area contributed by atoms with E-state index in [2.05, 4.69) is 5.16 Å². The van der Waals surface area contributed by atoms with Crippen molar-refractivity contribution in [3.8, 4) is 0 Å². The molecule has 0 aliphatic heterocycles. The van der Waals surface area contributed by atoms with Crippen LogP contribution in [0.4, 0.5) is 13.2 Å². The largest absolute Gasteiger partial charge is 0.417 e. The highest BCUT2D eigenvalue weighted by Gasteiger charge is 2.34. The van der Waals surface area contributed by atoms with Crippen molar-refractivity contribution in [3.05, 3.63) is 29.3 Å². The molecule has 0 saturated heterocycles. The van der Waals surface area contributed by atoms with E-state index in [1.54, 1.807) is 6.26 Å². The maximum absolute atomic E-state index is 12.7. The van der Waals surface area contributed by atoms with Gasteiger partial charge in [-0.25, -0.2) is 0 Å². The zero-order chi connectivity index (χ0) is 12.3. The summed E-state index contributed by atoms with van der Waals surface area (Å²) in [5.74, 6) is -0.556. The van der Waals surface area contributed by atoms with E-state index < -0.39 is 17.6 Å². The number of thioether (sulfide) groups is 1. The average molecular weight is 250 g/mol. The van der Waals surface area contributed by atoms with Gasteiger partial charge < -0.3 is 10.9 Å². The fourth-order valence-electron chi connectivity index (χ4n) is 1.16. The predicted molar refractivity (Wildman–Crippen MR) is 55.7 cm³/mol. The molecule has 0 aromatic heterocycles. The van der Waals surface area contributed by atoms with E-state index in [-0.39, 0.29) is 5.56 Å². The highest BCUT2D eigenvalue weighted by Crippen LogP contribution is 2.34. The van der Waals surface area contributed by atoms with Crippen LogP contribution in [0.25, 0.3) is 0 Å². The van der Waals surface area contributed by atoms with E-state index in [1.807, 2.05) is 0 Å². The number of oxime groups is 1. The van der Waals surface area contributed by atoms with Gasteiger partial charge in [-0.05, 0) is 24.5 Å². The summed E-state index contributed by atoms with van der Waals surface area (Å²) in [6.07, 6.45) is -2.87. The number of alkyl halides is 3. The molecule has 0 heterocycles. The molecule has 0 aliphatic rings. The lowest BCUT2D eigenvalue weighted by Crippen LogP contribution is -2.20. The van der Waals surface area contributed by atoms with Gasteiger partial charge in [-0.2, -0.15) is 13.2 Å². The highest BCUT2D eigenvalue weighted by molar-refractivity contribution is 7.98. The molecule has 0 bridgehead atoms. The maximum Gasteiger partial charge on any atom is 0.417 e. The topological polar surface area (TPSA) is 58.6 Å². The van der Waals surface area contributed by atoms with Crippen molar-refractivity contribution in [2.24, 2.45) is 10.9 Å². The lowest BCUT2D eigenvalue weighted by Gasteiger charge is -2.12. The lowest BCUT2D eigenvalue weighted by atomic mass is 10.1. The molecule has 3 nitrogen and oxygen atoms in total. The molecule has 0 saturated carbocycles. The summed E-state index contributed by atoms with van der Waals surface area (Å²) in [5, 5.41) is 11.0. The normalized spacial score (nSPS) is 12.9. The van der Waals surface area contributed by atoms with Crippen LogP contribution in [0, 0.1) is 0 Å². The molecular weight excluding hydrogens is 241 g/mol. The third-order valence-electron chi connectivity index (χ3n) is 1.92. The second-order valence-electron chi connectivity index (χ2n) is 2.89. The molecule has 0 unspecified atom stereocenters. The van der Waals surface area contributed by atoms with Gasteiger partial charge in [0.2, 0.25) is 0 Å². The second-order valence-corrected chi connectivity index (χ2v) is 3.77. The monoisotopic (exact) mass is 250 g/mol. The Morgan fingerprint density at radius 1 is 1.44 bits per heavy atom. The van der Waals surface area contributed by atoms with Gasteiger partial charge >= 0.3 is 6.18 Å². The van der Waals surface area contributed by atoms with Gasteiger partial charge in [-0.3, -0.25) is 0 Å². The minimum Gasteiger partial charge on any atom is -0.409 e. The van der Waals surface area contributed by atoms with E-state index in [0.717, 1.165) is 6.07 Å². The minimum atomic E-state index is -4.53. The summed E-state index contributed by atoms with van der Waals surface area (Å²) in [4.78, 5) is 0.460. The van der Waals surface area contributed by atoms with Gasteiger partial charge in [0.1, 0.15) is 0 Å². The first-order chi connectivity index (χ1) is 7.40. The molecule has 0 aliphatic carbocycles. The first-order valence-corrected chi connectivity index (χ1v) is 5.35. The van der Waals surface area contributed by atoms with Gasteiger partial charge in [0.25, 0.3) is 0 Å². The van der Waals surface area contributed by atoms with Gasteiger partial charge in [0.05, 0.1) is 5.56 Å². The standard InChI is InChI=1S/C9H9F3N2OS/c1-16-5-2-3-6(8(13)14-15)7(4-5)9(10,11)12/h2-4,15H,1H3,(H2,13,14). The zero-order valence-electron chi connectivity index (χ0n) is 8.25. The van der Waals surface area contributed by atoms with Gasteiger partial charge in [0, 0.05) is 10.5 Å². The highest BCUT2D eigenvalue weighted by atomic mass is 32.2. The zero-order valence-corrected chi connectivity index (χ0v) is 9.06. The van der Waals surface area contributed by atoms with Crippen molar-refractivity contribution >= 4 is 17.6 Å². The maximum atomic E-state index is 12.7. The van der Waals surface area contributed by atoms with Gasteiger partial charge in [-0.15, -0.1) is 11.8 Å². The van der Waals surface area contributed by atoms with Crippen molar-refractivity contribution in [1.82, 2.24) is 0 Å². The molecule has 16 heavy (non-hydrogen) atoms. The van der Waals surface area contributed by atoms with Crippen LogP contribution in [-0.4, -0.2) is 17.3 Å². The van der Waals surface area contributed by atoms with Crippen LogP contribution in [0.5, 0.6) is 0 Å². The van der Waals surface area contributed by atoms with E-state index in [0.29, 0.717) is 4.90 Å². The minimum absolute atomic E-state index is 0.326. The Morgan fingerprint density at radius 3 is 2.50 bits per heavy atom. The predicted octanol–water partition coefficient (Wildman–Crippen LogP) is 2.52. The van der Waals surface area contributed by atoms with E-state index in [9.17, 15) is 13.2 Å². The van der Waals surface area contributed by atoms with E-state index >= 15 is 0 Å². The van der Waals surface area contributed by atoms with Crippen LogP contribution in [0.1, 0.15) is 11.1 Å². The molecule has 1 aromatic carbocycles. The number of nitrogens with two attached hydrogens (primary N) is 1. The number of halogens is 3. The Kier molecular flexibility index (Phi) is 3.69. The van der Waals surface area contributed by atoms with Crippen LogP contribution in [0.15, 0.2) is 28.3 Å². The average Bonchev–Trinajstić information content (AvgIpc) is 2.26. The molecule has 88 valence electrons. The lowest BCUT2D eigenvalue weighted by molar-refractivity contribution is -0.137. The molecule has 1 rings (SSSR count). The van der Waals surface area contributed by atoms with Crippen LogP contribution in [0.2, 0.25) is 0 Å². The molecule has 3 N–H and O–H groups in total. The third kappa shape index (κ3) is 2.60. The first-order valence-electron chi connectivity index (χ1n) is 4.13. The molecule has 0 amide bonds. The Balaban J connectivity index is 3.39. The van der Waals surface area contributed by atoms with Crippen LogP contribution < -0.4 is 5.73 Å². The number of hydrogen-bond acceptors (Lipinski definition) is 3. The molecule has 0 fully saturated rings. The molecule has 0 atom stereocenters.